The Kier molecular flexibility index (Phi) is 9.31. The summed E-state index contributed by atoms with van der Waals surface area (Å²) in [5.74, 6) is -0.223. The van der Waals surface area contributed by atoms with Crippen molar-refractivity contribution < 1.29 is 14.3 Å². The van der Waals surface area contributed by atoms with E-state index < -0.39 is 10.8 Å². The molecule has 6 rings (SSSR count). The number of nitrogens with one attached hydrogen (secondary N) is 2. The zero-order valence-electron chi connectivity index (χ0n) is 23.7. The largest absolute Gasteiger partial charge is 0.379 e. The highest BCUT2D eigenvalue weighted by Gasteiger charge is 2.58. The molecular weight excluding hydrogens is 603 g/mol. The first-order chi connectivity index (χ1) is 20.9. The van der Waals surface area contributed by atoms with Crippen molar-refractivity contribution in [1.29, 1.82) is 0 Å². The third kappa shape index (κ3) is 6.59. The Balaban J connectivity index is 1.38. The minimum Gasteiger partial charge on any atom is -0.379 e. The molecule has 0 bridgehead atoms. The Morgan fingerprint density at radius 2 is 1.81 bits per heavy atom. The smallest absolute Gasteiger partial charge is 0.239 e. The number of halogens is 2. The molecule has 2 fully saturated rings. The Morgan fingerprint density at radius 1 is 1.02 bits per heavy atom. The van der Waals surface area contributed by atoms with E-state index in [-0.39, 0.29) is 18.2 Å². The van der Waals surface area contributed by atoms with Crippen LogP contribution in [0.25, 0.3) is 10.9 Å². The minimum atomic E-state index is -1.12. The van der Waals surface area contributed by atoms with Gasteiger partial charge in [0.25, 0.3) is 0 Å². The quantitative estimate of drug-likeness (QED) is 0.199. The average Bonchev–Trinajstić information content (AvgIpc) is 3.53. The molecule has 10 heteroatoms. The fourth-order valence-electron chi connectivity index (χ4n) is 6.12. The zero-order chi connectivity index (χ0) is 29.8. The van der Waals surface area contributed by atoms with E-state index in [2.05, 4.69) is 15.2 Å². The minimum absolute atomic E-state index is 0.0629. The summed E-state index contributed by atoms with van der Waals surface area (Å²) in [5.41, 5.74) is 2.64. The van der Waals surface area contributed by atoms with Crippen LogP contribution in [0.2, 0.25) is 10.0 Å². The van der Waals surface area contributed by atoms with Gasteiger partial charge in [0.15, 0.2) is 0 Å². The fourth-order valence-corrected chi connectivity index (χ4v) is 7.94. The molecule has 7 nitrogen and oxygen atoms in total. The van der Waals surface area contributed by atoms with Gasteiger partial charge >= 0.3 is 0 Å². The Bertz CT molecular complexity index is 1590. The number of amides is 2. The normalized spacial score (nSPS) is 21.0. The number of rotatable bonds is 10. The predicted molar refractivity (Wildman–Crippen MR) is 173 cm³/mol. The van der Waals surface area contributed by atoms with Crippen molar-refractivity contribution in [2.45, 2.75) is 35.1 Å². The maximum atomic E-state index is 14.5. The van der Waals surface area contributed by atoms with Crippen molar-refractivity contribution in [2.24, 2.45) is 0 Å². The van der Waals surface area contributed by atoms with Crippen LogP contribution in [0.15, 0.2) is 83.9 Å². The SMILES string of the molecule is O=C1C[C@](Sc2ccccc2)(C(=O)NCCCN2CCOCC2)[C@H](c2c[nH]c3cc(Cl)ccc23)N1Cc1cccc(Cl)c1. The highest BCUT2D eigenvalue weighted by atomic mass is 35.5. The maximum absolute atomic E-state index is 14.5. The molecule has 43 heavy (non-hydrogen) atoms. The van der Waals surface area contributed by atoms with Crippen molar-refractivity contribution in [3.05, 3.63) is 100 Å². The molecule has 0 aliphatic carbocycles. The number of H-pyrrole nitrogens is 1. The van der Waals surface area contributed by atoms with Gasteiger partial charge in [0, 0.05) is 63.8 Å². The third-order valence-electron chi connectivity index (χ3n) is 8.17. The lowest BCUT2D eigenvalue weighted by molar-refractivity contribution is -0.129. The summed E-state index contributed by atoms with van der Waals surface area (Å²) in [4.78, 5) is 37.0. The molecular formula is C33H34Cl2N4O3S. The summed E-state index contributed by atoms with van der Waals surface area (Å²) in [6, 6.07) is 22.5. The molecule has 4 aromatic rings. The highest BCUT2D eigenvalue weighted by Crippen LogP contribution is 2.54. The van der Waals surface area contributed by atoms with Gasteiger partial charge in [-0.15, -0.1) is 11.8 Å². The summed E-state index contributed by atoms with van der Waals surface area (Å²) >= 11 is 14.1. The van der Waals surface area contributed by atoms with Gasteiger partial charge in [-0.2, -0.15) is 0 Å². The van der Waals surface area contributed by atoms with Crippen LogP contribution >= 0.6 is 35.0 Å². The number of aromatic nitrogens is 1. The number of carbonyl (C=O) groups is 2. The molecule has 0 radical (unpaired) electrons. The van der Waals surface area contributed by atoms with E-state index >= 15 is 0 Å². The first kappa shape index (κ1) is 30.0. The van der Waals surface area contributed by atoms with Gasteiger partial charge in [-0.25, -0.2) is 0 Å². The second-order valence-corrected chi connectivity index (χ2v) is 13.3. The standard InChI is InChI=1S/C33H34Cl2N4O3S/c34-24-7-4-6-23(18-24)22-39-30(40)20-33(43-26-8-2-1-3-9-26,32(41)36-12-5-13-38-14-16-42-17-15-38)31(39)28-21-37-29-19-25(35)10-11-27(28)29/h1-4,6-11,18-19,21,31,37H,5,12-17,20,22H2,(H,36,41)/t31-,33+/m0/s1. The number of likely N-dealkylation sites (tertiary alicyclic amines) is 1. The molecule has 2 amide bonds. The van der Waals surface area contributed by atoms with Crippen LogP contribution in [-0.4, -0.2) is 70.7 Å². The summed E-state index contributed by atoms with van der Waals surface area (Å²) in [6.07, 6.45) is 2.79. The summed E-state index contributed by atoms with van der Waals surface area (Å²) < 4.78 is 4.35. The van der Waals surface area contributed by atoms with Crippen LogP contribution in [0.1, 0.15) is 30.0 Å². The van der Waals surface area contributed by atoms with Crippen LogP contribution in [0.3, 0.4) is 0 Å². The lowest BCUT2D eigenvalue weighted by Gasteiger charge is -2.36. The second kappa shape index (κ2) is 13.3. The predicted octanol–water partition coefficient (Wildman–Crippen LogP) is 6.32. The summed E-state index contributed by atoms with van der Waals surface area (Å²) in [7, 11) is 0. The fraction of sp³-hybridized carbons (Fsp3) is 0.333. The van der Waals surface area contributed by atoms with Gasteiger partial charge in [0.1, 0.15) is 4.75 Å². The van der Waals surface area contributed by atoms with Gasteiger partial charge in [-0.05, 0) is 54.9 Å². The molecule has 0 spiro atoms. The topological polar surface area (TPSA) is 77.7 Å². The number of fused-ring (bicyclic) bond motifs is 1. The number of benzene rings is 3. The Labute approximate surface area is 265 Å². The molecule has 2 saturated heterocycles. The lowest BCUT2D eigenvalue weighted by atomic mass is 9.91. The number of thioether (sulfide) groups is 1. The molecule has 2 N–H and O–H groups in total. The Hall–Kier alpha value is -3.01. The van der Waals surface area contributed by atoms with E-state index in [1.54, 1.807) is 0 Å². The number of hydrogen-bond acceptors (Lipinski definition) is 5. The molecule has 2 aliphatic rings. The first-order valence-electron chi connectivity index (χ1n) is 14.6. The van der Waals surface area contributed by atoms with Gasteiger partial charge in [0.05, 0.1) is 25.7 Å². The zero-order valence-corrected chi connectivity index (χ0v) is 26.1. The third-order valence-corrected chi connectivity index (χ3v) is 10.1. The summed E-state index contributed by atoms with van der Waals surface area (Å²) in [5, 5.41) is 5.38. The summed E-state index contributed by atoms with van der Waals surface area (Å²) in [6.45, 7) is 5.02. The first-order valence-corrected chi connectivity index (χ1v) is 16.1. The van der Waals surface area contributed by atoms with Crippen LogP contribution < -0.4 is 5.32 Å². The highest BCUT2D eigenvalue weighted by molar-refractivity contribution is 8.01. The number of carbonyl (C=O) groups excluding carboxylic acids is 2. The van der Waals surface area contributed by atoms with Gasteiger partial charge in [-0.3, -0.25) is 14.5 Å². The van der Waals surface area contributed by atoms with Crippen molar-refractivity contribution in [1.82, 2.24) is 20.1 Å². The van der Waals surface area contributed by atoms with Crippen LogP contribution in [0.4, 0.5) is 0 Å². The monoisotopic (exact) mass is 636 g/mol. The van der Waals surface area contributed by atoms with Crippen molar-refractivity contribution in [3.8, 4) is 0 Å². The second-order valence-electron chi connectivity index (χ2n) is 11.0. The van der Waals surface area contributed by atoms with Crippen molar-refractivity contribution >= 4 is 57.7 Å². The lowest BCUT2D eigenvalue weighted by Crippen LogP contribution is -2.48. The van der Waals surface area contributed by atoms with Crippen molar-refractivity contribution in [2.75, 3.05) is 39.4 Å². The molecule has 3 aromatic carbocycles. The molecule has 3 heterocycles. The van der Waals surface area contributed by atoms with E-state index in [1.165, 1.54) is 11.8 Å². The number of hydrogen-bond donors (Lipinski definition) is 2. The molecule has 224 valence electrons. The Morgan fingerprint density at radius 3 is 2.60 bits per heavy atom. The molecule has 0 saturated carbocycles. The van der Waals surface area contributed by atoms with Crippen LogP contribution in [0.5, 0.6) is 0 Å². The van der Waals surface area contributed by atoms with Crippen molar-refractivity contribution in [3.63, 3.8) is 0 Å². The van der Waals surface area contributed by atoms with Gasteiger partial charge < -0.3 is 19.9 Å². The van der Waals surface area contributed by atoms with Crippen LogP contribution in [0, 0.1) is 0 Å². The van der Waals surface area contributed by atoms with E-state index in [4.69, 9.17) is 27.9 Å². The van der Waals surface area contributed by atoms with E-state index in [0.717, 1.165) is 66.2 Å². The average molecular weight is 638 g/mol. The van der Waals surface area contributed by atoms with Gasteiger partial charge in [-0.1, -0.05) is 59.6 Å². The molecule has 1 aromatic heterocycles. The maximum Gasteiger partial charge on any atom is 0.239 e. The number of aromatic amines is 1. The number of morpholine rings is 1. The number of nitrogens with zero attached hydrogens (tertiary/aromatic N) is 2. The molecule has 2 atom stereocenters. The number of ether oxygens (including phenoxy) is 1. The van der Waals surface area contributed by atoms with E-state index in [1.807, 2.05) is 83.9 Å². The molecule has 2 aliphatic heterocycles. The van der Waals surface area contributed by atoms with Crippen LogP contribution in [-0.2, 0) is 20.9 Å². The van der Waals surface area contributed by atoms with E-state index in [9.17, 15) is 9.59 Å². The molecule has 0 unspecified atom stereocenters. The van der Waals surface area contributed by atoms with Gasteiger partial charge in [0.2, 0.25) is 11.8 Å². The van der Waals surface area contributed by atoms with E-state index in [0.29, 0.717) is 23.1 Å².